The number of halogens is 1. The van der Waals surface area contributed by atoms with Crippen molar-refractivity contribution in [1.82, 2.24) is 4.98 Å². The topological polar surface area (TPSA) is 39.2 Å². The summed E-state index contributed by atoms with van der Waals surface area (Å²) in [6.07, 6.45) is 3.27. The minimum Gasteiger partial charge on any atom is -0.423 e. The molecular formula is C7H5FNO2. The first-order valence-electron chi connectivity index (χ1n) is 2.90. The summed E-state index contributed by atoms with van der Waals surface area (Å²) in [6, 6.07) is 1.16. The van der Waals surface area contributed by atoms with Crippen molar-refractivity contribution in [1.29, 1.82) is 0 Å². The van der Waals surface area contributed by atoms with Gasteiger partial charge in [-0.1, -0.05) is 0 Å². The summed E-state index contributed by atoms with van der Waals surface area (Å²) in [6.45, 7) is 1.19. The summed E-state index contributed by atoms with van der Waals surface area (Å²) in [5.74, 6) is -1.38. The van der Waals surface area contributed by atoms with E-state index in [2.05, 4.69) is 15.9 Å². The standard InChI is InChI=1S/C7H5FNO2/c1-5(10)11-7-2-3-9-4-6(7)8/h2,4H,1H3. The molecule has 0 saturated carbocycles. The quantitative estimate of drug-likeness (QED) is 0.565. The minimum atomic E-state index is -0.668. The van der Waals surface area contributed by atoms with Gasteiger partial charge in [-0.25, -0.2) is 4.39 Å². The Balaban J connectivity index is 2.86. The molecule has 0 aliphatic heterocycles. The lowest BCUT2D eigenvalue weighted by molar-refractivity contribution is -0.132. The van der Waals surface area contributed by atoms with Crippen molar-refractivity contribution in [3.05, 3.63) is 24.3 Å². The fraction of sp³-hybridized carbons (Fsp3) is 0.143. The Bertz CT molecular complexity index is 275. The van der Waals surface area contributed by atoms with Crippen LogP contribution in [0, 0.1) is 12.0 Å². The first kappa shape index (κ1) is 7.65. The lowest BCUT2D eigenvalue weighted by Crippen LogP contribution is -2.03. The molecule has 0 saturated heterocycles. The van der Waals surface area contributed by atoms with Crippen LogP contribution >= 0.6 is 0 Å². The normalized spacial score (nSPS) is 9.27. The smallest absolute Gasteiger partial charge is 0.308 e. The molecule has 1 rings (SSSR count). The molecule has 0 N–H and O–H groups in total. The highest BCUT2D eigenvalue weighted by molar-refractivity contribution is 5.69. The van der Waals surface area contributed by atoms with Gasteiger partial charge in [0.05, 0.1) is 12.4 Å². The van der Waals surface area contributed by atoms with E-state index in [1.54, 1.807) is 0 Å². The van der Waals surface area contributed by atoms with Crippen molar-refractivity contribution in [2.75, 3.05) is 0 Å². The van der Waals surface area contributed by atoms with Crippen molar-refractivity contribution in [3.63, 3.8) is 0 Å². The van der Waals surface area contributed by atoms with Gasteiger partial charge in [-0.2, -0.15) is 0 Å². The number of esters is 1. The van der Waals surface area contributed by atoms with Crippen LogP contribution < -0.4 is 4.74 Å². The number of rotatable bonds is 1. The number of hydrogen-bond acceptors (Lipinski definition) is 3. The molecule has 57 valence electrons. The molecule has 0 fully saturated rings. The Morgan fingerprint density at radius 1 is 1.82 bits per heavy atom. The predicted octanol–water partition coefficient (Wildman–Crippen LogP) is 0.946. The van der Waals surface area contributed by atoms with Gasteiger partial charge < -0.3 is 4.74 Å². The van der Waals surface area contributed by atoms with Crippen LogP contribution in [0.1, 0.15) is 6.92 Å². The zero-order valence-electron chi connectivity index (χ0n) is 5.80. The van der Waals surface area contributed by atoms with Gasteiger partial charge in [0.25, 0.3) is 0 Å². The first-order valence-corrected chi connectivity index (χ1v) is 2.90. The first-order chi connectivity index (χ1) is 5.20. The molecule has 1 radical (unpaired) electrons. The number of hydrogen-bond donors (Lipinski definition) is 0. The van der Waals surface area contributed by atoms with E-state index in [0.717, 1.165) is 12.3 Å². The molecule has 0 amide bonds. The molecule has 0 atom stereocenters. The number of pyridine rings is 1. The van der Waals surface area contributed by atoms with Gasteiger partial charge >= 0.3 is 5.97 Å². The lowest BCUT2D eigenvalue weighted by atomic mass is 10.4. The largest absolute Gasteiger partial charge is 0.423 e. The van der Waals surface area contributed by atoms with Gasteiger partial charge in [-0.3, -0.25) is 9.78 Å². The molecule has 0 aliphatic rings. The number of ether oxygens (including phenoxy) is 1. The van der Waals surface area contributed by atoms with E-state index in [4.69, 9.17) is 0 Å². The Hall–Kier alpha value is -1.45. The highest BCUT2D eigenvalue weighted by Crippen LogP contribution is 2.13. The average Bonchev–Trinajstić information content (AvgIpc) is 1.93. The van der Waals surface area contributed by atoms with E-state index in [9.17, 15) is 9.18 Å². The second-order valence-electron chi connectivity index (χ2n) is 1.84. The van der Waals surface area contributed by atoms with Crippen LogP contribution in [0.15, 0.2) is 12.3 Å². The van der Waals surface area contributed by atoms with Gasteiger partial charge in [-0.05, 0) is 0 Å². The summed E-state index contributed by atoms with van der Waals surface area (Å²) in [7, 11) is 0. The lowest BCUT2D eigenvalue weighted by Gasteiger charge is -1.99. The van der Waals surface area contributed by atoms with Crippen LogP contribution in [-0.2, 0) is 4.79 Å². The third kappa shape index (κ3) is 2.00. The Labute approximate surface area is 62.8 Å². The van der Waals surface area contributed by atoms with Gasteiger partial charge in [-0.15, -0.1) is 0 Å². The summed E-state index contributed by atoms with van der Waals surface area (Å²) in [4.78, 5) is 13.7. The summed E-state index contributed by atoms with van der Waals surface area (Å²) in [5, 5.41) is 0. The van der Waals surface area contributed by atoms with Crippen LogP contribution in [0.5, 0.6) is 5.75 Å². The summed E-state index contributed by atoms with van der Waals surface area (Å²) >= 11 is 0. The Kier molecular flexibility index (Phi) is 2.15. The third-order valence-electron chi connectivity index (χ3n) is 0.937. The van der Waals surface area contributed by atoms with E-state index >= 15 is 0 Å². The maximum absolute atomic E-state index is 12.6. The van der Waals surface area contributed by atoms with Crippen molar-refractivity contribution >= 4 is 5.97 Å². The fourth-order valence-corrected chi connectivity index (χ4v) is 0.555. The summed E-state index contributed by atoms with van der Waals surface area (Å²) < 4.78 is 17.1. The molecule has 0 aliphatic carbocycles. The molecule has 0 spiro atoms. The minimum absolute atomic E-state index is 0.146. The molecule has 1 heterocycles. The van der Waals surface area contributed by atoms with Crippen molar-refractivity contribution < 1.29 is 13.9 Å². The number of aromatic nitrogens is 1. The Morgan fingerprint density at radius 2 is 2.55 bits per heavy atom. The summed E-state index contributed by atoms with van der Waals surface area (Å²) in [5.41, 5.74) is 0. The molecule has 0 bridgehead atoms. The molecule has 11 heavy (non-hydrogen) atoms. The van der Waals surface area contributed by atoms with E-state index in [-0.39, 0.29) is 5.75 Å². The van der Waals surface area contributed by atoms with E-state index in [1.807, 2.05) is 0 Å². The maximum atomic E-state index is 12.6. The van der Waals surface area contributed by atoms with Crippen LogP contribution in [0.3, 0.4) is 0 Å². The highest BCUT2D eigenvalue weighted by atomic mass is 19.1. The number of nitrogens with zero attached hydrogens (tertiary/aromatic N) is 1. The molecular weight excluding hydrogens is 149 g/mol. The van der Waals surface area contributed by atoms with Crippen LogP contribution in [0.4, 0.5) is 4.39 Å². The fourth-order valence-electron chi connectivity index (χ4n) is 0.555. The van der Waals surface area contributed by atoms with Crippen molar-refractivity contribution in [2.24, 2.45) is 0 Å². The highest BCUT2D eigenvalue weighted by Gasteiger charge is 2.03. The zero-order chi connectivity index (χ0) is 8.27. The molecule has 1 aromatic rings. The second-order valence-corrected chi connectivity index (χ2v) is 1.84. The molecule has 0 aromatic carbocycles. The van der Waals surface area contributed by atoms with Gasteiger partial charge in [0, 0.05) is 13.0 Å². The SMILES string of the molecule is CC(=O)Oc1c[c]ncc1F. The Morgan fingerprint density at radius 3 is 3.09 bits per heavy atom. The monoisotopic (exact) mass is 154 g/mol. The van der Waals surface area contributed by atoms with E-state index < -0.39 is 11.8 Å². The zero-order valence-corrected chi connectivity index (χ0v) is 5.80. The van der Waals surface area contributed by atoms with Crippen LogP contribution in [0.2, 0.25) is 0 Å². The maximum Gasteiger partial charge on any atom is 0.308 e. The van der Waals surface area contributed by atoms with Crippen LogP contribution in [-0.4, -0.2) is 11.0 Å². The average molecular weight is 154 g/mol. The van der Waals surface area contributed by atoms with Crippen molar-refractivity contribution in [2.45, 2.75) is 6.92 Å². The van der Waals surface area contributed by atoms with Gasteiger partial charge in [0.2, 0.25) is 0 Å². The van der Waals surface area contributed by atoms with Gasteiger partial charge in [0.15, 0.2) is 11.6 Å². The number of carbonyl (C=O) groups is 1. The van der Waals surface area contributed by atoms with Crippen molar-refractivity contribution in [3.8, 4) is 5.75 Å². The van der Waals surface area contributed by atoms with E-state index in [1.165, 1.54) is 6.92 Å². The molecule has 0 unspecified atom stereocenters. The molecule has 1 aromatic heterocycles. The molecule has 4 heteroatoms. The van der Waals surface area contributed by atoms with Crippen LogP contribution in [0.25, 0.3) is 0 Å². The predicted molar refractivity (Wildman–Crippen MR) is 34.3 cm³/mol. The second kappa shape index (κ2) is 3.09. The number of carbonyl (C=O) groups excluding carboxylic acids is 1. The third-order valence-corrected chi connectivity index (χ3v) is 0.937. The van der Waals surface area contributed by atoms with Gasteiger partial charge in [0.1, 0.15) is 0 Å². The molecule has 3 nitrogen and oxygen atoms in total. The van der Waals surface area contributed by atoms with E-state index in [0.29, 0.717) is 0 Å².